The summed E-state index contributed by atoms with van der Waals surface area (Å²) in [6.07, 6.45) is 12.7. The summed E-state index contributed by atoms with van der Waals surface area (Å²) in [4.78, 5) is 16.6. The van der Waals surface area contributed by atoms with Crippen molar-refractivity contribution in [3.63, 3.8) is 0 Å². The van der Waals surface area contributed by atoms with Crippen LogP contribution in [0.1, 0.15) is 45.4 Å². The zero-order valence-electron chi connectivity index (χ0n) is 15.9. The maximum absolute atomic E-state index is 12.5. The molecule has 0 bridgehead atoms. The number of aryl methyl sites for hydroxylation is 1. The van der Waals surface area contributed by atoms with Gasteiger partial charge in [0.05, 0.1) is 19.4 Å². The van der Waals surface area contributed by atoms with E-state index in [1.54, 1.807) is 0 Å². The van der Waals surface area contributed by atoms with E-state index in [2.05, 4.69) is 28.4 Å². The van der Waals surface area contributed by atoms with Crippen LogP contribution in [0.5, 0.6) is 0 Å². The molecule has 142 valence electrons. The molecule has 2 heterocycles. The van der Waals surface area contributed by atoms with Crippen LogP contribution in [-0.4, -0.2) is 34.7 Å². The minimum absolute atomic E-state index is 0.0405. The summed E-state index contributed by atoms with van der Waals surface area (Å²) in [5, 5.41) is 2.30. The Morgan fingerprint density at radius 3 is 3.19 bits per heavy atom. The Bertz CT molecular complexity index is 656. The fourth-order valence-corrected chi connectivity index (χ4v) is 5.66. The van der Waals surface area contributed by atoms with Crippen LogP contribution in [0.3, 0.4) is 0 Å². The first-order valence-electron chi connectivity index (χ1n) is 10.2. The lowest BCUT2D eigenvalue weighted by atomic mass is 9.55. The highest BCUT2D eigenvalue weighted by Gasteiger charge is 2.55. The van der Waals surface area contributed by atoms with E-state index in [0.29, 0.717) is 17.3 Å². The minimum Gasteiger partial charge on any atom is -0.462 e. The maximum atomic E-state index is 12.5. The lowest BCUT2D eigenvalue weighted by molar-refractivity contribution is -0.659. The van der Waals surface area contributed by atoms with Crippen LogP contribution in [-0.2, 0) is 16.1 Å². The Morgan fingerprint density at radius 2 is 2.38 bits per heavy atom. The summed E-state index contributed by atoms with van der Waals surface area (Å²) in [6.45, 7) is 9.64. The van der Waals surface area contributed by atoms with Crippen molar-refractivity contribution in [2.45, 2.75) is 58.1 Å². The van der Waals surface area contributed by atoms with Crippen molar-refractivity contribution in [3.8, 4) is 0 Å². The van der Waals surface area contributed by atoms with Crippen LogP contribution in [0.2, 0.25) is 0 Å². The third kappa shape index (κ3) is 3.34. The number of hydrogen-bond donors (Lipinski definition) is 1. The molecule has 0 unspecified atom stereocenters. The second-order valence-corrected chi connectivity index (χ2v) is 8.87. The predicted molar refractivity (Wildman–Crippen MR) is 99.2 cm³/mol. The van der Waals surface area contributed by atoms with Gasteiger partial charge in [-0.3, -0.25) is 4.79 Å². The molecule has 0 spiro atoms. The molecule has 0 radical (unpaired) electrons. The molecule has 0 amide bonds. The highest BCUT2D eigenvalue weighted by Crippen LogP contribution is 2.56. The van der Waals surface area contributed by atoms with Gasteiger partial charge in [0.25, 0.3) is 0 Å². The molecule has 3 aliphatic rings. The summed E-state index contributed by atoms with van der Waals surface area (Å²) >= 11 is 0. The predicted octanol–water partition coefficient (Wildman–Crippen LogP) is 2.15. The van der Waals surface area contributed by atoms with Gasteiger partial charge in [-0.1, -0.05) is 19.1 Å². The first-order chi connectivity index (χ1) is 12.6. The first kappa shape index (κ1) is 17.8. The molecule has 2 saturated carbocycles. The molecular formula is C21H32N3O2+. The summed E-state index contributed by atoms with van der Waals surface area (Å²) < 4.78 is 7.94. The van der Waals surface area contributed by atoms with Gasteiger partial charge >= 0.3 is 5.97 Å². The van der Waals surface area contributed by atoms with Gasteiger partial charge in [-0.25, -0.2) is 4.98 Å². The van der Waals surface area contributed by atoms with Crippen molar-refractivity contribution in [1.82, 2.24) is 9.55 Å². The number of fused-ring (bicyclic) bond motifs is 2. The molecule has 4 rings (SSSR count). The number of quaternary nitrogens is 1. The van der Waals surface area contributed by atoms with E-state index in [1.807, 2.05) is 18.7 Å². The topological polar surface area (TPSA) is 60.7 Å². The first-order valence-corrected chi connectivity index (χ1v) is 10.2. The largest absolute Gasteiger partial charge is 0.462 e. The van der Waals surface area contributed by atoms with Crippen molar-refractivity contribution in [1.29, 1.82) is 0 Å². The van der Waals surface area contributed by atoms with Crippen LogP contribution in [0, 0.1) is 23.2 Å². The summed E-state index contributed by atoms with van der Waals surface area (Å²) in [6, 6.07) is 0. The van der Waals surface area contributed by atoms with E-state index < -0.39 is 0 Å². The Balaban J connectivity index is 1.31. The average Bonchev–Trinajstić information content (AvgIpc) is 3.21. The number of esters is 1. The molecule has 1 aromatic rings. The van der Waals surface area contributed by atoms with E-state index in [9.17, 15) is 4.79 Å². The smallest absolute Gasteiger partial charge is 0.315 e. The van der Waals surface area contributed by atoms with Crippen LogP contribution in [0.25, 0.3) is 0 Å². The number of aromatic nitrogens is 2. The molecule has 0 aromatic carbocycles. The van der Waals surface area contributed by atoms with E-state index in [1.165, 1.54) is 18.4 Å². The monoisotopic (exact) mass is 358 g/mol. The minimum atomic E-state index is 0.0405. The number of carbonyl (C=O) groups excluding carboxylic acids is 1. The number of nitrogens with zero attached hydrogens (tertiary/aromatic N) is 2. The van der Waals surface area contributed by atoms with Gasteiger partial charge in [0.2, 0.25) is 0 Å². The quantitative estimate of drug-likeness (QED) is 0.481. The fourth-order valence-electron chi connectivity index (χ4n) is 5.66. The number of allylic oxidation sites excluding steroid dienone is 1. The average molecular weight is 359 g/mol. The number of ether oxygens (including phenoxy) is 1. The molecule has 5 heteroatoms. The molecular weight excluding hydrogens is 326 g/mol. The van der Waals surface area contributed by atoms with E-state index >= 15 is 0 Å². The van der Waals surface area contributed by atoms with Crippen LogP contribution in [0.15, 0.2) is 30.9 Å². The molecule has 5 atom stereocenters. The third-order valence-corrected chi connectivity index (χ3v) is 7.12. The third-order valence-electron chi connectivity index (χ3n) is 7.12. The Kier molecular flexibility index (Phi) is 4.91. The van der Waals surface area contributed by atoms with Gasteiger partial charge in [-0.2, -0.15) is 0 Å². The summed E-state index contributed by atoms with van der Waals surface area (Å²) in [7, 11) is 0. The molecule has 2 aliphatic carbocycles. The number of imidazole rings is 1. The normalized spacial score (nSPS) is 36.5. The zero-order valence-corrected chi connectivity index (χ0v) is 15.9. The van der Waals surface area contributed by atoms with E-state index in [0.717, 1.165) is 45.3 Å². The number of nitrogens with two attached hydrogens (primary N) is 1. The van der Waals surface area contributed by atoms with Crippen molar-refractivity contribution in [3.05, 3.63) is 30.9 Å². The maximum Gasteiger partial charge on any atom is 0.315 e. The molecule has 5 nitrogen and oxygen atoms in total. The zero-order chi connectivity index (χ0) is 18.1. The number of hydrogen-bond acceptors (Lipinski definition) is 3. The summed E-state index contributed by atoms with van der Waals surface area (Å²) in [5.74, 6) is 1.07. The Hall–Kier alpha value is -1.62. The van der Waals surface area contributed by atoms with Crippen molar-refractivity contribution in [2.75, 3.05) is 13.1 Å². The number of carbonyl (C=O) groups is 1. The standard InChI is InChI=1S/C21H31N3O2/c1-15-5-3-6-21(2)12-19-16(11-18(15)21)17(20(25)26-19)13-22-7-4-9-24-10-8-23-14-24/h8,10,14,16-19,22H,1,3-7,9,11-13H2,2H3/p+1/t16-,17+,18+,19-,21-/m1/s1. The van der Waals surface area contributed by atoms with Gasteiger partial charge < -0.3 is 14.6 Å². The summed E-state index contributed by atoms with van der Waals surface area (Å²) in [5.41, 5.74) is 1.71. The SMILES string of the molecule is C=C1CCC[C@]2(C)C[C@H]3OC(=O)[C@@H](C[NH2+]CCCn4ccnc4)[C@H]3C[C@@H]12. The molecule has 3 fully saturated rings. The van der Waals surface area contributed by atoms with E-state index in [-0.39, 0.29) is 18.0 Å². The van der Waals surface area contributed by atoms with Gasteiger partial charge in [0, 0.05) is 31.3 Å². The lowest BCUT2D eigenvalue weighted by Gasteiger charge is -2.49. The second kappa shape index (κ2) is 7.18. The Morgan fingerprint density at radius 1 is 1.50 bits per heavy atom. The lowest BCUT2D eigenvalue weighted by Crippen LogP contribution is -2.86. The highest BCUT2D eigenvalue weighted by atomic mass is 16.6. The molecule has 1 aromatic heterocycles. The van der Waals surface area contributed by atoms with Crippen molar-refractivity contribution >= 4 is 5.97 Å². The molecule has 1 aliphatic heterocycles. The van der Waals surface area contributed by atoms with Crippen molar-refractivity contribution < 1.29 is 14.8 Å². The Labute approximate surface area is 156 Å². The number of rotatable bonds is 6. The molecule has 1 saturated heterocycles. The van der Waals surface area contributed by atoms with E-state index in [4.69, 9.17) is 4.74 Å². The van der Waals surface area contributed by atoms with Crippen molar-refractivity contribution in [2.24, 2.45) is 23.2 Å². The highest BCUT2D eigenvalue weighted by molar-refractivity contribution is 5.75. The van der Waals surface area contributed by atoms with Gasteiger partial charge in [-0.15, -0.1) is 0 Å². The van der Waals surface area contributed by atoms with Crippen LogP contribution < -0.4 is 5.32 Å². The van der Waals surface area contributed by atoms with Gasteiger partial charge in [0.1, 0.15) is 12.0 Å². The molecule has 26 heavy (non-hydrogen) atoms. The van der Waals surface area contributed by atoms with Gasteiger partial charge in [-0.05, 0) is 43.4 Å². The van der Waals surface area contributed by atoms with Gasteiger partial charge in [0.15, 0.2) is 0 Å². The fraction of sp³-hybridized carbons (Fsp3) is 0.714. The second-order valence-electron chi connectivity index (χ2n) is 8.87. The van der Waals surface area contributed by atoms with Crippen LogP contribution in [0.4, 0.5) is 0 Å². The van der Waals surface area contributed by atoms with Crippen LogP contribution >= 0.6 is 0 Å². The molecule has 2 N–H and O–H groups in total.